The fraction of sp³-hybridized carbons (Fsp3) is 0.875. The third-order valence-corrected chi connectivity index (χ3v) is 2.32. The first-order chi connectivity index (χ1) is 6.39. The smallest absolute Gasteiger partial charge is 0.393 e. The van der Waals surface area contributed by atoms with Crippen LogP contribution < -0.4 is 5.32 Å². The minimum atomic E-state index is -4.81. The predicted octanol–water partition coefficient (Wildman–Crippen LogP) is 0.826. The third-order valence-electron chi connectivity index (χ3n) is 2.32. The summed E-state index contributed by atoms with van der Waals surface area (Å²) in [5, 5.41) is 10.9. The fourth-order valence-corrected chi connectivity index (χ4v) is 1.57. The Bertz CT molecular complexity index is 217. The van der Waals surface area contributed by atoms with Crippen molar-refractivity contribution in [2.45, 2.75) is 31.5 Å². The van der Waals surface area contributed by atoms with Crippen molar-refractivity contribution in [3.8, 4) is 0 Å². The van der Waals surface area contributed by atoms with E-state index in [1.165, 1.54) is 0 Å². The highest BCUT2D eigenvalue weighted by molar-refractivity contribution is 5.81. The number of nitrogens with one attached hydrogen (secondary N) is 1. The molecule has 6 heteroatoms. The Morgan fingerprint density at radius 3 is 2.50 bits per heavy atom. The van der Waals surface area contributed by atoms with Crippen molar-refractivity contribution in [3.63, 3.8) is 0 Å². The van der Waals surface area contributed by atoms with Crippen LogP contribution in [0.2, 0.25) is 0 Å². The maximum atomic E-state index is 11.7. The van der Waals surface area contributed by atoms with Crippen molar-refractivity contribution < 1.29 is 23.1 Å². The lowest BCUT2D eigenvalue weighted by Gasteiger charge is -2.11. The van der Waals surface area contributed by atoms with Crippen LogP contribution in [0, 0.1) is 5.92 Å². The maximum Gasteiger partial charge on any atom is 0.471 e. The van der Waals surface area contributed by atoms with Crippen molar-refractivity contribution in [2.24, 2.45) is 5.92 Å². The van der Waals surface area contributed by atoms with E-state index in [4.69, 9.17) is 5.11 Å². The summed E-state index contributed by atoms with van der Waals surface area (Å²) in [5.41, 5.74) is 0. The van der Waals surface area contributed by atoms with Gasteiger partial charge in [-0.15, -0.1) is 0 Å². The molecule has 1 aliphatic rings. The highest BCUT2D eigenvalue weighted by atomic mass is 19.4. The SMILES string of the molecule is O=C(NCC1CCC(O)C1)C(F)(F)F. The van der Waals surface area contributed by atoms with E-state index in [1.807, 2.05) is 5.32 Å². The molecule has 1 fully saturated rings. The lowest BCUT2D eigenvalue weighted by atomic mass is 10.1. The number of amides is 1. The molecule has 1 amide bonds. The number of rotatable bonds is 2. The molecule has 2 atom stereocenters. The Hall–Kier alpha value is -0.780. The Balaban J connectivity index is 2.24. The molecule has 1 rings (SSSR count). The number of alkyl halides is 3. The number of hydrogen-bond acceptors (Lipinski definition) is 2. The molecule has 0 aromatic heterocycles. The highest BCUT2D eigenvalue weighted by Gasteiger charge is 2.38. The lowest BCUT2D eigenvalue weighted by molar-refractivity contribution is -0.173. The molecule has 2 unspecified atom stereocenters. The van der Waals surface area contributed by atoms with Gasteiger partial charge in [-0.3, -0.25) is 4.79 Å². The standard InChI is InChI=1S/C8H12F3NO2/c9-8(10,11)7(14)12-4-5-1-2-6(13)3-5/h5-6,13H,1-4H2,(H,12,14). The van der Waals surface area contributed by atoms with Gasteiger partial charge >= 0.3 is 12.1 Å². The van der Waals surface area contributed by atoms with Gasteiger partial charge in [0.05, 0.1) is 6.10 Å². The van der Waals surface area contributed by atoms with Crippen molar-refractivity contribution in [1.82, 2.24) is 5.32 Å². The summed E-state index contributed by atoms with van der Waals surface area (Å²) in [5.74, 6) is -1.94. The number of halogens is 3. The van der Waals surface area contributed by atoms with Gasteiger partial charge in [0.1, 0.15) is 0 Å². The van der Waals surface area contributed by atoms with E-state index >= 15 is 0 Å². The fourth-order valence-electron chi connectivity index (χ4n) is 1.57. The zero-order valence-electron chi connectivity index (χ0n) is 7.47. The van der Waals surface area contributed by atoms with Crippen molar-refractivity contribution in [1.29, 1.82) is 0 Å². The topological polar surface area (TPSA) is 49.3 Å². The van der Waals surface area contributed by atoms with E-state index in [0.717, 1.165) is 0 Å². The summed E-state index contributed by atoms with van der Waals surface area (Å²) < 4.78 is 35.2. The van der Waals surface area contributed by atoms with Gasteiger partial charge in [0, 0.05) is 6.54 Å². The molecule has 0 heterocycles. The molecule has 1 saturated carbocycles. The number of carbonyl (C=O) groups excluding carboxylic acids is 1. The second-order valence-corrected chi connectivity index (χ2v) is 3.54. The van der Waals surface area contributed by atoms with Gasteiger partial charge in [0.25, 0.3) is 0 Å². The molecule has 0 aromatic carbocycles. The summed E-state index contributed by atoms with van der Waals surface area (Å²) in [4.78, 5) is 10.4. The van der Waals surface area contributed by atoms with Gasteiger partial charge in [-0.25, -0.2) is 0 Å². The molecule has 0 bridgehead atoms. The molecule has 1 aliphatic carbocycles. The van der Waals surface area contributed by atoms with E-state index in [9.17, 15) is 18.0 Å². The molecule has 0 aromatic rings. The predicted molar refractivity (Wildman–Crippen MR) is 42.4 cm³/mol. The van der Waals surface area contributed by atoms with E-state index in [0.29, 0.717) is 19.3 Å². The monoisotopic (exact) mass is 211 g/mol. The molecule has 0 aliphatic heterocycles. The summed E-state index contributed by atoms with van der Waals surface area (Å²) in [7, 11) is 0. The van der Waals surface area contributed by atoms with Gasteiger partial charge in [0.15, 0.2) is 0 Å². The maximum absolute atomic E-state index is 11.7. The Morgan fingerprint density at radius 1 is 1.43 bits per heavy atom. The van der Waals surface area contributed by atoms with Crippen LogP contribution >= 0.6 is 0 Å². The third kappa shape index (κ3) is 3.17. The second kappa shape index (κ2) is 4.16. The molecule has 82 valence electrons. The van der Waals surface area contributed by atoms with E-state index in [1.54, 1.807) is 0 Å². The average molecular weight is 211 g/mol. The van der Waals surface area contributed by atoms with Gasteiger partial charge in [0.2, 0.25) is 0 Å². The van der Waals surface area contributed by atoms with Crippen LogP contribution in [-0.2, 0) is 4.79 Å². The molecule has 0 spiro atoms. The second-order valence-electron chi connectivity index (χ2n) is 3.54. The van der Waals surface area contributed by atoms with Gasteiger partial charge in [-0.1, -0.05) is 0 Å². The van der Waals surface area contributed by atoms with E-state index in [-0.39, 0.29) is 12.5 Å². The van der Waals surface area contributed by atoms with Crippen LogP contribution in [0.1, 0.15) is 19.3 Å². The molecule has 2 N–H and O–H groups in total. The molecule has 14 heavy (non-hydrogen) atoms. The quantitative estimate of drug-likeness (QED) is 0.710. The van der Waals surface area contributed by atoms with Crippen LogP contribution in [0.4, 0.5) is 13.2 Å². The minimum absolute atomic E-state index is 0.00456. The normalized spacial score (nSPS) is 27.7. The van der Waals surface area contributed by atoms with Gasteiger partial charge in [-0.05, 0) is 25.2 Å². The van der Waals surface area contributed by atoms with Gasteiger partial charge < -0.3 is 10.4 Å². The van der Waals surface area contributed by atoms with Crippen LogP contribution in [0.15, 0.2) is 0 Å². The lowest BCUT2D eigenvalue weighted by Crippen LogP contribution is -2.39. The van der Waals surface area contributed by atoms with Crippen LogP contribution in [0.5, 0.6) is 0 Å². The molecule has 3 nitrogen and oxygen atoms in total. The van der Waals surface area contributed by atoms with Gasteiger partial charge in [-0.2, -0.15) is 13.2 Å². The minimum Gasteiger partial charge on any atom is -0.393 e. The summed E-state index contributed by atoms with van der Waals surface area (Å²) in [6.45, 7) is -0.00456. The zero-order valence-corrected chi connectivity index (χ0v) is 7.47. The number of aliphatic hydroxyl groups is 1. The number of carbonyl (C=O) groups is 1. The van der Waals surface area contributed by atoms with E-state index < -0.39 is 18.2 Å². The average Bonchev–Trinajstić information content (AvgIpc) is 2.45. The first-order valence-electron chi connectivity index (χ1n) is 4.42. The number of hydrogen-bond donors (Lipinski definition) is 2. The molecular formula is C8H12F3NO2. The van der Waals surface area contributed by atoms with Crippen molar-refractivity contribution in [3.05, 3.63) is 0 Å². The number of aliphatic hydroxyl groups excluding tert-OH is 1. The Labute approximate surface area is 79.3 Å². The molecule has 0 saturated heterocycles. The molecule has 0 radical (unpaired) electrons. The first-order valence-corrected chi connectivity index (χ1v) is 4.42. The van der Waals surface area contributed by atoms with E-state index in [2.05, 4.69) is 0 Å². The largest absolute Gasteiger partial charge is 0.471 e. The summed E-state index contributed by atoms with van der Waals surface area (Å²) >= 11 is 0. The summed E-state index contributed by atoms with van der Waals surface area (Å²) in [6, 6.07) is 0. The summed E-state index contributed by atoms with van der Waals surface area (Å²) in [6.07, 6.45) is -3.50. The Morgan fingerprint density at radius 2 is 2.07 bits per heavy atom. The zero-order chi connectivity index (χ0) is 10.8. The highest BCUT2D eigenvalue weighted by Crippen LogP contribution is 2.25. The van der Waals surface area contributed by atoms with Crippen LogP contribution in [0.25, 0.3) is 0 Å². The van der Waals surface area contributed by atoms with Crippen LogP contribution in [-0.4, -0.2) is 29.8 Å². The van der Waals surface area contributed by atoms with Crippen LogP contribution in [0.3, 0.4) is 0 Å². The first kappa shape index (κ1) is 11.3. The van der Waals surface area contributed by atoms with Crippen molar-refractivity contribution >= 4 is 5.91 Å². The van der Waals surface area contributed by atoms with Crippen molar-refractivity contribution in [2.75, 3.05) is 6.54 Å². The molecular weight excluding hydrogens is 199 g/mol. The Kier molecular flexibility index (Phi) is 3.36.